The Morgan fingerprint density at radius 3 is 3.12 bits per heavy atom. The van der Waals surface area contributed by atoms with Gasteiger partial charge in [-0.1, -0.05) is 22.9 Å². The quantitative estimate of drug-likeness (QED) is 0.897. The van der Waals surface area contributed by atoms with Crippen LogP contribution in [0, 0.1) is 0 Å². The third-order valence-corrected chi connectivity index (χ3v) is 3.34. The lowest BCUT2D eigenvalue weighted by molar-refractivity contribution is -0.119. The summed E-state index contributed by atoms with van der Waals surface area (Å²) in [5, 5.41) is 7.12. The summed E-state index contributed by atoms with van der Waals surface area (Å²) >= 11 is 7.38. The maximum atomic E-state index is 11.3. The number of anilines is 1. The molecule has 4 nitrogen and oxygen atoms in total. The number of carbonyl (C=O) groups excluding carboxylic acids is 1. The minimum Gasteiger partial charge on any atom is -0.355 e. The summed E-state index contributed by atoms with van der Waals surface area (Å²) in [5.74, 6) is -0.0372. The minimum absolute atomic E-state index is 0.0372. The lowest BCUT2D eigenvalue weighted by Crippen LogP contribution is -2.29. The van der Waals surface area contributed by atoms with Crippen LogP contribution in [-0.4, -0.2) is 24.0 Å². The topological polar surface area (TPSA) is 54.0 Å². The predicted octanol–water partition coefficient (Wildman–Crippen LogP) is 2.50. The molecule has 0 saturated carbocycles. The van der Waals surface area contributed by atoms with E-state index in [9.17, 15) is 4.79 Å². The number of thiazole rings is 1. The number of nitrogens with one attached hydrogen (secondary N) is 2. The molecule has 0 bridgehead atoms. The molecule has 1 aromatic heterocycles. The molecular formula is C11H12ClN3OS. The van der Waals surface area contributed by atoms with Gasteiger partial charge in [-0.2, -0.15) is 0 Å². The summed E-state index contributed by atoms with van der Waals surface area (Å²) in [5.41, 5.74) is 0.887. The molecule has 2 aromatic rings. The van der Waals surface area contributed by atoms with Crippen molar-refractivity contribution in [3.8, 4) is 0 Å². The fourth-order valence-electron chi connectivity index (χ4n) is 1.39. The Morgan fingerprint density at radius 2 is 2.35 bits per heavy atom. The second-order valence-corrected chi connectivity index (χ2v) is 4.91. The number of hydrogen-bond donors (Lipinski definition) is 2. The molecule has 1 heterocycles. The lowest BCUT2D eigenvalue weighted by atomic mass is 10.3. The first kappa shape index (κ1) is 12.1. The number of hydrogen-bond acceptors (Lipinski definition) is 4. The van der Waals surface area contributed by atoms with Gasteiger partial charge in [0, 0.05) is 11.6 Å². The molecule has 0 unspecified atom stereocenters. The zero-order chi connectivity index (χ0) is 12.3. The van der Waals surface area contributed by atoms with E-state index in [0.717, 1.165) is 15.3 Å². The largest absolute Gasteiger partial charge is 0.355 e. The number of amides is 1. The van der Waals surface area contributed by atoms with Gasteiger partial charge in [-0.25, -0.2) is 4.98 Å². The maximum Gasteiger partial charge on any atom is 0.239 e. The van der Waals surface area contributed by atoms with Crippen molar-refractivity contribution in [3.63, 3.8) is 0 Å². The van der Waals surface area contributed by atoms with Crippen molar-refractivity contribution < 1.29 is 4.79 Å². The van der Waals surface area contributed by atoms with Gasteiger partial charge in [0.15, 0.2) is 5.13 Å². The summed E-state index contributed by atoms with van der Waals surface area (Å²) in [6.45, 7) is 2.76. The molecule has 0 aliphatic carbocycles. The van der Waals surface area contributed by atoms with Crippen molar-refractivity contribution in [3.05, 3.63) is 23.2 Å². The smallest absolute Gasteiger partial charge is 0.239 e. The number of likely N-dealkylation sites (N-methyl/N-ethyl adjacent to an activating group) is 1. The van der Waals surface area contributed by atoms with Crippen molar-refractivity contribution in [2.24, 2.45) is 0 Å². The molecule has 1 aromatic carbocycles. The Bertz CT molecular complexity index is 540. The SMILES string of the molecule is CCNC(=O)CNc1nc2ccc(Cl)cc2s1. The maximum absolute atomic E-state index is 11.3. The van der Waals surface area contributed by atoms with Gasteiger partial charge in [-0.15, -0.1) is 0 Å². The Labute approximate surface area is 108 Å². The summed E-state index contributed by atoms with van der Waals surface area (Å²) in [6.07, 6.45) is 0. The molecule has 0 aliphatic heterocycles. The fourth-order valence-corrected chi connectivity index (χ4v) is 2.53. The van der Waals surface area contributed by atoms with Crippen LogP contribution in [-0.2, 0) is 4.79 Å². The molecule has 0 atom stereocenters. The Balaban J connectivity index is 2.07. The van der Waals surface area contributed by atoms with Crippen LogP contribution in [0.5, 0.6) is 0 Å². The number of nitrogens with zero attached hydrogens (tertiary/aromatic N) is 1. The van der Waals surface area contributed by atoms with E-state index in [0.29, 0.717) is 11.6 Å². The van der Waals surface area contributed by atoms with Gasteiger partial charge < -0.3 is 10.6 Å². The number of rotatable bonds is 4. The van der Waals surface area contributed by atoms with Gasteiger partial charge in [-0.3, -0.25) is 4.79 Å². The Morgan fingerprint density at radius 1 is 1.53 bits per heavy atom. The van der Waals surface area contributed by atoms with Crippen molar-refractivity contribution in [2.75, 3.05) is 18.4 Å². The minimum atomic E-state index is -0.0372. The summed E-state index contributed by atoms with van der Waals surface area (Å²) < 4.78 is 1.01. The van der Waals surface area contributed by atoms with Crippen LogP contribution < -0.4 is 10.6 Å². The van der Waals surface area contributed by atoms with Gasteiger partial charge in [0.05, 0.1) is 16.8 Å². The van der Waals surface area contributed by atoms with E-state index in [1.165, 1.54) is 11.3 Å². The van der Waals surface area contributed by atoms with E-state index in [-0.39, 0.29) is 12.5 Å². The van der Waals surface area contributed by atoms with Crippen LogP contribution in [0.4, 0.5) is 5.13 Å². The van der Waals surface area contributed by atoms with E-state index < -0.39 is 0 Å². The number of halogens is 1. The molecule has 1 amide bonds. The number of fused-ring (bicyclic) bond motifs is 1. The van der Waals surface area contributed by atoms with Gasteiger partial charge in [0.25, 0.3) is 0 Å². The summed E-state index contributed by atoms with van der Waals surface area (Å²) in [6, 6.07) is 5.54. The van der Waals surface area contributed by atoms with Crippen LogP contribution in [0.3, 0.4) is 0 Å². The summed E-state index contributed by atoms with van der Waals surface area (Å²) in [4.78, 5) is 15.6. The second-order valence-electron chi connectivity index (χ2n) is 3.44. The lowest BCUT2D eigenvalue weighted by Gasteiger charge is -2.01. The van der Waals surface area contributed by atoms with Crippen molar-refractivity contribution >= 4 is 44.2 Å². The van der Waals surface area contributed by atoms with Gasteiger partial charge in [0.1, 0.15) is 0 Å². The highest BCUT2D eigenvalue weighted by molar-refractivity contribution is 7.22. The van der Waals surface area contributed by atoms with Crippen LogP contribution in [0.15, 0.2) is 18.2 Å². The molecule has 2 rings (SSSR count). The highest BCUT2D eigenvalue weighted by atomic mass is 35.5. The van der Waals surface area contributed by atoms with Crippen molar-refractivity contribution in [1.82, 2.24) is 10.3 Å². The molecule has 2 N–H and O–H groups in total. The average Bonchev–Trinajstić information content (AvgIpc) is 2.68. The number of benzene rings is 1. The monoisotopic (exact) mass is 269 g/mol. The molecule has 90 valence electrons. The first-order valence-corrected chi connectivity index (χ1v) is 6.45. The first-order chi connectivity index (χ1) is 8.19. The Kier molecular flexibility index (Phi) is 3.81. The van der Waals surface area contributed by atoms with E-state index in [2.05, 4.69) is 15.6 Å². The predicted molar refractivity (Wildman–Crippen MR) is 71.8 cm³/mol. The third-order valence-electron chi connectivity index (χ3n) is 2.12. The highest BCUT2D eigenvalue weighted by Crippen LogP contribution is 2.27. The standard InChI is InChI=1S/C11H12ClN3OS/c1-2-13-10(16)6-14-11-15-8-4-3-7(12)5-9(8)17-11/h3-5H,2,6H2,1H3,(H,13,16)(H,14,15). The van der Waals surface area contributed by atoms with Gasteiger partial charge in [0.2, 0.25) is 5.91 Å². The molecule has 6 heteroatoms. The van der Waals surface area contributed by atoms with Crippen molar-refractivity contribution in [1.29, 1.82) is 0 Å². The van der Waals surface area contributed by atoms with Crippen LogP contribution in [0.2, 0.25) is 5.02 Å². The van der Waals surface area contributed by atoms with Crippen LogP contribution >= 0.6 is 22.9 Å². The van der Waals surface area contributed by atoms with E-state index >= 15 is 0 Å². The molecule has 0 fully saturated rings. The van der Waals surface area contributed by atoms with Crippen LogP contribution in [0.1, 0.15) is 6.92 Å². The van der Waals surface area contributed by atoms with E-state index in [4.69, 9.17) is 11.6 Å². The second kappa shape index (κ2) is 5.33. The normalized spacial score (nSPS) is 10.5. The molecule has 0 spiro atoms. The number of aromatic nitrogens is 1. The fraction of sp³-hybridized carbons (Fsp3) is 0.273. The molecule has 0 radical (unpaired) electrons. The molecular weight excluding hydrogens is 258 g/mol. The van der Waals surface area contributed by atoms with E-state index in [1.54, 1.807) is 6.07 Å². The van der Waals surface area contributed by atoms with Gasteiger partial charge >= 0.3 is 0 Å². The van der Waals surface area contributed by atoms with Crippen molar-refractivity contribution in [2.45, 2.75) is 6.92 Å². The van der Waals surface area contributed by atoms with Gasteiger partial charge in [-0.05, 0) is 25.1 Å². The average molecular weight is 270 g/mol. The molecule has 17 heavy (non-hydrogen) atoms. The first-order valence-electron chi connectivity index (χ1n) is 5.25. The summed E-state index contributed by atoms with van der Waals surface area (Å²) in [7, 11) is 0. The Hall–Kier alpha value is -1.33. The number of carbonyl (C=O) groups is 1. The zero-order valence-corrected chi connectivity index (χ0v) is 10.9. The molecule has 0 saturated heterocycles. The van der Waals surface area contributed by atoms with E-state index in [1.807, 2.05) is 19.1 Å². The van der Waals surface area contributed by atoms with Crippen LogP contribution in [0.25, 0.3) is 10.2 Å². The molecule has 0 aliphatic rings. The third kappa shape index (κ3) is 3.08. The highest BCUT2D eigenvalue weighted by Gasteiger charge is 2.05. The zero-order valence-electron chi connectivity index (χ0n) is 9.29.